The summed E-state index contributed by atoms with van der Waals surface area (Å²) in [7, 11) is 0. The Morgan fingerprint density at radius 2 is 1.86 bits per heavy atom. The van der Waals surface area contributed by atoms with Crippen molar-refractivity contribution in [1.82, 2.24) is 4.90 Å². The molecule has 2 aromatic carbocycles. The molecule has 21 heavy (non-hydrogen) atoms. The molecule has 1 amide bonds. The summed E-state index contributed by atoms with van der Waals surface area (Å²) in [5, 5.41) is 1.86. The lowest BCUT2D eigenvalue weighted by atomic mass is 10.1. The molecule has 1 aliphatic heterocycles. The van der Waals surface area contributed by atoms with E-state index >= 15 is 0 Å². The van der Waals surface area contributed by atoms with Crippen molar-refractivity contribution in [2.24, 2.45) is 0 Å². The molecule has 0 spiro atoms. The summed E-state index contributed by atoms with van der Waals surface area (Å²) in [6.45, 7) is 2.48. The fraction of sp³-hybridized carbons (Fsp3) is 0.312. The van der Waals surface area contributed by atoms with Crippen LogP contribution >= 0.6 is 0 Å². The molecule has 0 unspecified atom stereocenters. The van der Waals surface area contributed by atoms with Gasteiger partial charge in [0.2, 0.25) is 0 Å². The van der Waals surface area contributed by atoms with Crippen molar-refractivity contribution in [2.45, 2.75) is 0 Å². The Kier molecular flexibility index (Phi) is 3.92. The van der Waals surface area contributed by atoms with Crippen molar-refractivity contribution in [1.29, 1.82) is 0 Å². The Hall–Kier alpha value is -2.27. The van der Waals surface area contributed by atoms with E-state index in [-0.39, 0.29) is 12.5 Å². The number of ether oxygens (including phenoxy) is 2. The first-order chi connectivity index (χ1) is 10.3. The Morgan fingerprint density at radius 1 is 1.14 bits per heavy atom. The Bertz CT molecular complexity index is 651. The van der Waals surface area contributed by atoms with E-state index in [1.807, 2.05) is 30.3 Å². The zero-order chi connectivity index (χ0) is 14.7. The van der Waals surface area contributed by atoms with Crippen molar-refractivity contribution in [3.8, 4) is 5.75 Å². The van der Waals surface area contributed by atoms with E-state index < -0.39 is 0 Å². The van der Waals surface area contributed by atoms with Crippen molar-refractivity contribution < 1.29 is 14.3 Å². The number of carbonyl (C=O) groups is 1. The van der Waals surface area contributed by atoms with Gasteiger partial charge in [-0.1, -0.05) is 24.3 Å². The number of anilines is 1. The molecule has 0 aromatic heterocycles. The number of amides is 1. The Labute approximate surface area is 123 Å². The van der Waals surface area contributed by atoms with Gasteiger partial charge in [-0.3, -0.25) is 4.79 Å². The van der Waals surface area contributed by atoms with Gasteiger partial charge >= 0.3 is 0 Å². The van der Waals surface area contributed by atoms with Crippen LogP contribution in [0.4, 0.5) is 5.69 Å². The van der Waals surface area contributed by atoms with Gasteiger partial charge in [0.05, 0.1) is 13.2 Å². The fourth-order valence-corrected chi connectivity index (χ4v) is 2.46. The van der Waals surface area contributed by atoms with E-state index in [1.54, 1.807) is 11.0 Å². The normalized spacial score (nSPS) is 15.1. The number of nitrogen functional groups attached to an aromatic ring is 1. The van der Waals surface area contributed by atoms with Crippen molar-refractivity contribution >= 4 is 22.4 Å². The van der Waals surface area contributed by atoms with E-state index in [0.29, 0.717) is 37.7 Å². The highest BCUT2D eigenvalue weighted by Gasteiger charge is 2.17. The summed E-state index contributed by atoms with van der Waals surface area (Å²) in [5.74, 6) is 0.667. The highest BCUT2D eigenvalue weighted by molar-refractivity contribution is 5.97. The second-order valence-electron chi connectivity index (χ2n) is 4.98. The van der Waals surface area contributed by atoms with Crippen LogP contribution in [-0.4, -0.2) is 43.7 Å². The third-order valence-electron chi connectivity index (χ3n) is 3.63. The first-order valence-corrected chi connectivity index (χ1v) is 7.01. The number of morpholine rings is 1. The molecule has 1 heterocycles. The number of hydrogen-bond acceptors (Lipinski definition) is 4. The first-order valence-electron chi connectivity index (χ1n) is 7.01. The number of nitrogens with two attached hydrogens (primary N) is 1. The second kappa shape index (κ2) is 6.01. The van der Waals surface area contributed by atoms with Crippen LogP contribution in [0.25, 0.3) is 10.8 Å². The van der Waals surface area contributed by atoms with Gasteiger partial charge in [-0.25, -0.2) is 0 Å². The molecular formula is C16H18N2O3. The van der Waals surface area contributed by atoms with Crippen LogP contribution < -0.4 is 10.5 Å². The largest absolute Gasteiger partial charge is 0.483 e. The van der Waals surface area contributed by atoms with Crippen LogP contribution in [0.2, 0.25) is 0 Å². The van der Waals surface area contributed by atoms with Gasteiger partial charge < -0.3 is 20.1 Å². The molecular weight excluding hydrogens is 268 g/mol. The quantitative estimate of drug-likeness (QED) is 0.872. The SMILES string of the molecule is Nc1ccc(OCC(=O)N2CCOCC2)c2ccccc12. The van der Waals surface area contributed by atoms with Gasteiger partial charge in [0.25, 0.3) is 5.91 Å². The monoisotopic (exact) mass is 286 g/mol. The van der Waals surface area contributed by atoms with E-state index in [2.05, 4.69) is 0 Å². The zero-order valence-corrected chi connectivity index (χ0v) is 11.7. The average molecular weight is 286 g/mol. The highest BCUT2D eigenvalue weighted by Crippen LogP contribution is 2.29. The summed E-state index contributed by atoms with van der Waals surface area (Å²) in [6, 6.07) is 11.4. The van der Waals surface area contributed by atoms with Crippen LogP contribution in [-0.2, 0) is 9.53 Å². The predicted octanol–water partition coefficient (Wildman–Crippen LogP) is 1.66. The maximum atomic E-state index is 12.1. The zero-order valence-electron chi connectivity index (χ0n) is 11.7. The smallest absolute Gasteiger partial charge is 0.260 e. The first kappa shape index (κ1) is 13.7. The van der Waals surface area contributed by atoms with E-state index in [9.17, 15) is 4.79 Å². The third kappa shape index (κ3) is 2.92. The Balaban J connectivity index is 1.73. The molecule has 1 aliphatic rings. The number of hydrogen-bond donors (Lipinski definition) is 1. The van der Waals surface area contributed by atoms with Gasteiger partial charge in [-0.15, -0.1) is 0 Å². The minimum Gasteiger partial charge on any atom is -0.483 e. The number of fused-ring (bicyclic) bond motifs is 1. The number of rotatable bonds is 3. The molecule has 3 rings (SSSR count). The van der Waals surface area contributed by atoms with Crippen LogP contribution in [0.15, 0.2) is 36.4 Å². The summed E-state index contributed by atoms with van der Waals surface area (Å²) >= 11 is 0. The van der Waals surface area contributed by atoms with Crippen LogP contribution in [0.5, 0.6) is 5.75 Å². The molecule has 1 saturated heterocycles. The van der Waals surface area contributed by atoms with E-state index in [4.69, 9.17) is 15.2 Å². The minimum absolute atomic E-state index is 0.0146. The molecule has 0 aliphatic carbocycles. The third-order valence-corrected chi connectivity index (χ3v) is 3.63. The highest BCUT2D eigenvalue weighted by atomic mass is 16.5. The lowest BCUT2D eigenvalue weighted by Gasteiger charge is -2.26. The standard InChI is InChI=1S/C16H18N2O3/c17-14-5-6-15(13-4-2-1-3-12(13)14)21-11-16(19)18-7-9-20-10-8-18/h1-6H,7-11,17H2. The molecule has 0 radical (unpaired) electrons. The Morgan fingerprint density at radius 3 is 2.62 bits per heavy atom. The number of benzene rings is 2. The lowest BCUT2D eigenvalue weighted by molar-refractivity contribution is -0.137. The van der Waals surface area contributed by atoms with E-state index in [0.717, 1.165) is 10.8 Å². The van der Waals surface area contributed by atoms with E-state index in [1.165, 1.54) is 0 Å². The van der Waals surface area contributed by atoms with Crippen LogP contribution in [0.3, 0.4) is 0 Å². The average Bonchev–Trinajstić information content (AvgIpc) is 2.55. The van der Waals surface area contributed by atoms with Gasteiger partial charge in [0.15, 0.2) is 6.61 Å². The van der Waals surface area contributed by atoms with Crippen molar-refractivity contribution in [2.75, 3.05) is 38.6 Å². The maximum Gasteiger partial charge on any atom is 0.260 e. The van der Waals surface area contributed by atoms with Crippen molar-refractivity contribution in [3.05, 3.63) is 36.4 Å². The molecule has 1 fully saturated rings. The summed E-state index contributed by atoms with van der Waals surface area (Å²) in [4.78, 5) is 13.9. The van der Waals surface area contributed by atoms with Gasteiger partial charge in [-0.05, 0) is 12.1 Å². The molecule has 110 valence electrons. The van der Waals surface area contributed by atoms with Crippen LogP contribution in [0.1, 0.15) is 0 Å². The van der Waals surface area contributed by atoms with Crippen LogP contribution in [0, 0.1) is 0 Å². The molecule has 0 atom stereocenters. The summed E-state index contributed by atoms with van der Waals surface area (Å²) in [6.07, 6.45) is 0. The predicted molar refractivity (Wildman–Crippen MR) is 81.3 cm³/mol. The molecule has 5 heteroatoms. The molecule has 2 aromatic rings. The molecule has 5 nitrogen and oxygen atoms in total. The molecule has 0 bridgehead atoms. The summed E-state index contributed by atoms with van der Waals surface area (Å²) in [5.41, 5.74) is 6.66. The maximum absolute atomic E-state index is 12.1. The lowest BCUT2D eigenvalue weighted by Crippen LogP contribution is -2.42. The topological polar surface area (TPSA) is 64.8 Å². The van der Waals surface area contributed by atoms with Gasteiger partial charge in [-0.2, -0.15) is 0 Å². The van der Waals surface area contributed by atoms with Gasteiger partial charge in [0, 0.05) is 29.5 Å². The van der Waals surface area contributed by atoms with Crippen molar-refractivity contribution in [3.63, 3.8) is 0 Å². The second-order valence-corrected chi connectivity index (χ2v) is 4.98. The summed E-state index contributed by atoms with van der Waals surface area (Å²) < 4.78 is 10.9. The fourth-order valence-electron chi connectivity index (χ4n) is 2.46. The molecule has 0 saturated carbocycles. The number of carbonyl (C=O) groups excluding carboxylic acids is 1. The molecule has 2 N–H and O–H groups in total. The number of nitrogens with zero attached hydrogens (tertiary/aromatic N) is 1. The minimum atomic E-state index is -0.0146. The van der Waals surface area contributed by atoms with Gasteiger partial charge in [0.1, 0.15) is 5.75 Å².